The van der Waals surface area contributed by atoms with Gasteiger partial charge in [-0.3, -0.25) is 4.79 Å². The van der Waals surface area contributed by atoms with E-state index in [9.17, 15) is 4.79 Å². The standard InChI is InChI=1S/C20H26N2O/c1-15(2)18-11-7-8-16(3)20(18)22-19(23)12-13-21-14-17-9-5-4-6-10-17/h4-11,15,21H,12-14H2,1-3H3,(H,22,23). The monoisotopic (exact) mass is 310 g/mol. The van der Waals surface area contributed by atoms with Crippen molar-refractivity contribution in [1.29, 1.82) is 0 Å². The van der Waals surface area contributed by atoms with Crippen LogP contribution in [0.15, 0.2) is 48.5 Å². The van der Waals surface area contributed by atoms with Crippen LogP contribution in [0.25, 0.3) is 0 Å². The van der Waals surface area contributed by atoms with E-state index in [1.54, 1.807) is 0 Å². The van der Waals surface area contributed by atoms with Crippen LogP contribution in [0, 0.1) is 6.92 Å². The van der Waals surface area contributed by atoms with Gasteiger partial charge < -0.3 is 10.6 Å². The van der Waals surface area contributed by atoms with Gasteiger partial charge in [-0.05, 0) is 29.5 Å². The Kier molecular flexibility index (Phi) is 6.36. The highest BCUT2D eigenvalue weighted by Crippen LogP contribution is 2.27. The Hall–Kier alpha value is -2.13. The molecule has 0 spiro atoms. The first-order valence-corrected chi connectivity index (χ1v) is 8.22. The van der Waals surface area contributed by atoms with Gasteiger partial charge in [0.25, 0.3) is 0 Å². The number of aryl methyl sites for hydroxylation is 1. The molecule has 0 radical (unpaired) electrons. The molecule has 2 aromatic carbocycles. The van der Waals surface area contributed by atoms with Crippen molar-refractivity contribution in [3.05, 3.63) is 65.2 Å². The van der Waals surface area contributed by atoms with Gasteiger partial charge in [0.05, 0.1) is 0 Å². The summed E-state index contributed by atoms with van der Waals surface area (Å²) < 4.78 is 0. The molecule has 0 saturated heterocycles. The largest absolute Gasteiger partial charge is 0.326 e. The van der Waals surface area contributed by atoms with E-state index in [-0.39, 0.29) is 5.91 Å². The van der Waals surface area contributed by atoms with Crippen LogP contribution in [0.1, 0.15) is 42.9 Å². The van der Waals surface area contributed by atoms with Crippen LogP contribution < -0.4 is 10.6 Å². The van der Waals surface area contributed by atoms with E-state index in [4.69, 9.17) is 0 Å². The van der Waals surface area contributed by atoms with Crippen molar-refractivity contribution in [1.82, 2.24) is 5.32 Å². The van der Waals surface area contributed by atoms with E-state index in [2.05, 4.69) is 42.7 Å². The van der Waals surface area contributed by atoms with Crippen molar-refractivity contribution in [2.75, 3.05) is 11.9 Å². The molecule has 0 unspecified atom stereocenters. The summed E-state index contributed by atoms with van der Waals surface area (Å²) >= 11 is 0. The summed E-state index contributed by atoms with van der Waals surface area (Å²) in [5.74, 6) is 0.447. The molecule has 0 aliphatic carbocycles. The summed E-state index contributed by atoms with van der Waals surface area (Å²) in [6.07, 6.45) is 0.471. The van der Waals surface area contributed by atoms with Crippen LogP contribution in [0.4, 0.5) is 5.69 Å². The highest BCUT2D eigenvalue weighted by molar-refractivity contribution is 5.92. The minimum Gasteiger partial charge on any atom is -0.326 e. The number of para-hydroxylation sites is 1. The third-order valence-electron chi connectivity index (χ3n) is 3.89. The van der Waals surface area contributed by atoms with Gasteiger partial charge in [0.1, 0.15) is 0 Å². The van der Waals surface area contributed by atoms with E-state index in [1.165, 1.54) is 11.1 Å². The molecule has 0 aliphatic heterocycles. The number of hydrogen-bond acceptors (Lipinski definition) is 2. The normalized spacial score (nSPS) is 10.8. The number of benzene rings is 2. The molecular weight excluding hydrogens is 284 g/mol. The van der Waals surface area contributed by atoms with Crippen LogP contribution in [0.2, 0.25) is 0 Å². The number of carbonyl (C=O) groups is 1. The first kappa shape index (κ1) is 17.2. The maximum Gasteiger partial charge on any atom is 0.225 e. The molecule has 0 aromatic heterocycles. The number of rotatable bonds is 7. The lowest BCUT2D eigenvalue weighted by Gasteiger charge is -2.16. The lowest BCUT2D eigenvalue weighted by molar-refractivity contribution is -0.116. The lowest BCUT2D eigenvalue weighted by Crippen LogP contribution is -2.22. The van der Waals surface area contributed by atoms with Gasteiger partial charge in [-0.2, -0.15) is 0 Å². The van der Waals surface area contributed by atoms with Gasteiger partial charge in [-0.15, -0.1) is 0 Å². The van der Waals surface area contributed by atoms with Crippen LogP contribution >= 0.6 is 0 Å². The second-order valence-electron chi connectivity index (χ2n) is 6.15. The molecule has 0 atom stereocenters. The summed E-state index contributed by atoms with van der Waals surface area (Å²) in [4.78, 5) is 12.2. The molecule has 2 N–H and O–H groups in total. The van der Waals surface area contributed by atoms with Crippen molar-refractivity contribution in [3.8, 4) is 0 Å². The topological polar surface area (TPSA) is 41.1 Å². The van der Waals surface area contributed by atoms with Crippen molar-refractivity contribution >= 4 is 11.6 Å². The summed E-state index contributed by atoms with van der Waals surface area (Å²) in [6.45, 7) is 7.78. The molecule has 0 bridgehead atoms. The number of carbonyl (C=O) groups excluding carboxylic acids is 1. The smallest absolute Gasteiger partial charge is 0.225 e. The zero-order chi connectivity index (χ0) is 16.7. The van der Waals surface area contributed by atoms with Crippen molar-refractivity contribution in [3.63, 3.8) is 0 Å². The number of anilines is 1. The molecule has 0 saturated carbocycles. The van der Waals surface area contributed by atoms with Crippen molar-refractivity contribution < 1.29 is 4.79 Å². The van der Waals surface area contributed by atoms with Gasteiger partial charge >= 0.3 is 0 Å². The minimum atomic E-state index is 0.0572. The number of hydrogen-bond donors (Lipinski definition) is 2. The van der Waals surface area contributed by atoms with Crippen LogP contribution in [-0.2, 0) is 11.3 Å². The summed E-state index contributed by atoms with van der Waals surface area (Å²) in [6, 6.07) is 16.4. The van der Waals surface area contributed by atoms with Gasteiger partial charge in [-0.25, -0.2) is 0 Å². The maximum atomic E-state index is 12.2. The quantitative estimate of drug-likeness (QED) is 0.751. The first-order chi connectivity index (χ1) is 11.1. The predicted octanol–water partition coefficient (Wildman–Crippen LogP) is 4.24. The summed E-state index contributed by atoms with van der Waals surface area (Å²) in [5, 5.41) is 6.39. The highest BCUT2D eigenvalue weighted by Gasteiger charge is 2.11. The molecule has 0 aliphatic rings. The predicted molar refractivity (Wildman–Crippen MR) is 96.7 cm³/mol. The fraction of sp³-hybridized carbons (Fsp3) is 0.350. The number of nitrogens with one attached hydrogen (secondary N) is 2. The zero-order valence-electron chi connectivity index (χ0n) is 14.2. The van der Waals surface area contributed by atoms with Crippen LogP contribution in [-0.4, -0.2) is 12.5 Å². The van der Waals surface area contributed by atoms with Crippen molar-refractivity contribution in [2.45, 2.75) is 39.7 Å². The maximum absolute atomic E-state index is 12.2. The van der Waals surface area contributed by atoms with E-state index >= 15 is 0 Å². The molecule has 3 heteroatoms. The average Bonchev–Trinajstić information content (AvgIpc) is 2.54. The van der Waals surface area contributed by atoms with Gasteiger partial charge in [-0.1, -0.05) is 62.4 Å². The third kappa shape index (κ3) is 5.22. The second-order valence-corrected chi connectivity index (χ2v) is 6.15. The van der Waals surface area contributed by atoms with E-state index < -0.39 is 0 Å². The Labute approximate surface area is 139 Å². The van der Waals surface area contributed by atoms with Crippen LogP contribution in [0.3, 0.4) is 0 Å². The van der Waals surface area contributed by atoms with E-state index in [0.717, 1.165) is 17.8 Å². The molecule has 0 fully saturated rings. The zero-order valence-corrected chi connectivity index (χ0v) is 14.2. The summed E-state index contributed by atoms with van der Waals surface area (Å²) in [5.41, 5.74) is 4.50. The molecule has 2 aromatic rings. The Morgan fingerprint density at radius 1 is 1.04 bits per heavy atom. The van der Waals surface area contributed by atoms with Gasteiger partial charge in [0.15, 0.2) is 0 Å². The number of amides is 1. The Morgan fingerprint density at radius 3 is 2.48 bits per heavy atom. The fourth-order valence-corrected chi connectivity index (χ4v) is 2.57. The van der Waals surface area contributed by atoms with Crippen LogP contribution in [0.5, 0.6) is 0 Å². The Balaban J connectivity index is 1.83. The second kappa shape index (κ2) is 8.49. The van der Waals surface area contributed by atoms with E-state index in [1.807, 2.05) is 37.3 Å². The molecule has 1 amide bonds. The van der Waals surface area contributed by atoms with E-state index in [0.29, 0.717) is 18.9 Å². The SMILES string of the molecule is Cc1cccc(C(C)C)c1NC(=O)CCNCc1ccccc1. The first-order valence-electron chi connectivity index (χ1n) is 8.22. The molecule has 3 nitrogen and oxygen atoms in total. The molecule has 2 rings (SSSR count). The molecular formula is C20H26N2O. The third-order valence-corrected chi connectivity index (χ3v) is 3.89. The lowest BCUT2D eigenvalue weighted by atomic mass is 9.98. The van der Waals surface area contributed by atoms with Crippen molar-refractivity contribution in [2.24, 2.45) is 0 Å². The molecule has 122 valence electrons. The molecule has 0 heterocycles. The fourth-order valence-electron chi connectivity index (χ4n) is 2.57. The van der Waals surface area contributed by atoms with Gasteiger partial charge in [0.2, 0.25) is 5.91 Å². The Bertz CT molecular complexity index is 635. The minimum absolute atomic E-state index is 0.0572. The Morgan fingerprint density at radius 2 is 1.78 bits per heavy atom. The summed E-state index contributed by atoms with van der Waals surface area (Å²) in [7, 11) is 0. The molecule has 23 heavy (non-hydrogen) atoms. The average molecular weight is 310 g/mol. The van der Waals surface area contributed by atoms with Gasteiger partial charge in [0, 0.05) is 25.2 Å². The highest BCUT2D eigenvalue weighted by atomic mass is 16.1.